The maximum Gasteiger partial charge on any atom is 0.274 e. The highest BCUT2D eigenvalue weighted by Gasteiger charge is 2.25. The van der Waals surface area contributed by atoms with Crippen LogP contribution in [0.4, 0.5) is 23.3 Å². The molecule has 1 amide bonds. The van der Waals surface area contributed by atoms with Crippen LogP contribution in [0.2, 0.25) is 0 Å². The molecule has 0 atom stereocenters. The third-order valence-electron chi connectivity index (χ3n) is 6.01. The van der Waals surface area contributed by atoms with Crippen molar-refractivity contribution in [2.75, 3.05) is 69.0 Å². The number of hydroxylamine groups is 1. The summed E-state index contributed by atoms with van der Waals surface area (Å²) in [5.41, 5.74) is 4.78. The third kappa shape index (κ3) is 6.83. The van der Waals surface area contributed by atoms with Crippen LogP contribution in [0.3, 0.4) is 0 Å². The van der Waals surface area contributed by atoms with Crippen LogP contribution in [0.5, 0.6) is 0 Å². The molecule has 194 valence electrons. The number of likely N-dealkylation sites (N-methyl/N-ethyl adjacent to an activating group) is 1. The minimum Gasteiger partial charge on any atom is -0.354 e. The Morgan fingerprint density at radius 2 is 1.97 bits per heavy atom. The van der Waals surface area contributed by atoms with Crippen LogP contribution in [0.25, 0.3) is 0 Å². The number of aromatic nitrogens is 2. The van der Waals surface area contributed by atoms with Crippen molar-refractivity contribution in [3.05, 3.63) is 34.9 Å². The number of anilines is 4. The number of carbonyl (C=O) groups excluding carboxylic acids is 1. The summed E-state index contributed by atoms with van der Waals surface area (Å²) in [6.07, 6.45) is 0.983. The maximum absolute atomic E-state index is 12.3. The van der Waals surface area contributed by atoms with E-state index in [4.69, 9.17) is 14.8 Å². The van der Waals surface area contributed by atoms with Crippen molar-refractivity contribution >= 4 is 29.2 Å². The number of hydrogen-bond donors (Lipinski definition) is 2. The lowest BCUT2D eigenvalue weighted by Crippen LogP contribution is -2.33. The molecule has 1 fully saturated rings. The first kappa shape index (κ1) is 27.2. The Morgan fingerprint density at radius 1 is 1.22 bits per heavy atom. The Kier molecular flexibility index (Phi) is 8.71. The maximum atomic E-state index is 12.3. The van der Waals surface area contributed by atoms with Crippen LogP contribution in [-0.4, -0.2) is 74.7 Å². The zero-order valence-electron chi connectivity index (χ0n) is 22.5. The summed E-state index contributed by atoms with van der Waals surface area (Å²) in [6, 6.07) is 7.64. The van der Waals surface area contributed by atoms with E-state index >= 15 is 0 Å². The molecule has 0 aliphatic carbocycles. The molecule has 0 unspecified atom stereocenters. The Hall–Kier alpha value is -3.42. The summed E-state index contributed by atoms with van der Waals surface area (Å²) in [5.74, 6) is 1.24. The topological polar surface area (TPSA) is 110 Å². The second-order valence-corrected chi connectivity index (χ2v) is 10.5. The first-order valence-electron chi connectivity index (χ1n) is 12.2. The van der Waals surface area contributed by atoms with E-state index in [0.717, 1.165) is 44.7 Å². The lowest BCUT2D eigenvalue weighted by Gasteiger charge is -2.29. The fourth-order valence-corrected chi connectivity index (χ4v) is 4.25. The van der Waals surface area contributed by atoms with Gasteiger partial charge in [-0.25, -0.2) is 5.48 Å². The van der Waals surface area contributed by atoms with Crippen molar-refractivity contribution in [2.45, 2.75) is 34.1 Å². The molecule has 1 aliphatic heterocycles. The number of carbonyl (C=O) groups is 1. The molecule has 36 heavy (non-hydrogen) atoms. The standard InChI is InChI=1S/C26H38N8O2/c1-18-9-10-19(24(35)31-36-7)15-21(18)28-22-20(16-27)23(34-12-8-11-32(5)13-14-34)30-25(29-22)33(6)17-26(2,3)4/h9-10,15H,8,11-14,17H2,1-7H3,(H,31,35)(H,28,29,30). The zero-order chi connectivity index (χ0) is 26.5. The van der Waals surface area contributed by atoms with Gasteiger partial charge in [0.25, 0.3) is 5.91 Å². The van der Waals surface area contributed by atoms with Crippen LogP contribution >= 0.6 is 0 Å². The summed E-state index contributed by atoms with van der Waals surface area (Å²) >= 11 is 0. The first-order chi connectivity index (χ1) is 17.0. The van der Waals surface area contributed by atoms with E-state index in [2.05, 4.69) is 54.5 Å². The van der Waals surface area contributed by atoms with Crippen molar-refractivity contribution in [3.8, 4) is 6.07 Å². The van der Waals surface area contributed by atoms with Gasteiger partial charge in [-0.1, -0.05) is 26.8 Å². The summed E-state index contributed by atoms with van der Waals surface area (Å²) in [5, 5.41) is 13.6. The molecule has 2 N–H and O–H groups in total. The smallest absolute Gasteiger partial charge is 0.274 e. The lowest BCUT2D eigenvalue weighted by atomic mass is 9.96. The van der Waals surface area contributed by atoms with Crippen molar-refractivity contribution in [2.24, 2.45) is 5.41 Å². The number of nitrogens with zero attached hydrogens (tertiary/aromatic N) is 6. The van der Waals surface area contributed by atoms with Gasteiger partial charge in [-0.2, -0.15) is 15.2 Å². The SMILES string of the molecule is CONC(=O)c1ccc(C)c(Nc2nc(N(C)CC(C)(C)C)nc(N3CCCN(C)CC3)c2C#N)c1. The van der Waals surface area contributed by atoms with E-state index < -0.39 is 0 Å². The highest BCUT2D eigenvalue weighted by atomic mass is 16.6. The monoisotopic (exact) mass is 494 g/mol. The fourth-order valence-electron chi connectivity index (χ4n) is 4.25. The summed E-state index contributed by atoms with van der Waals surface area (Å²) in [6.45, 7) is 12.6. The summed E-state index contributed by atoms with van der Waals surface area (Å²) < 4.78 is 0. The quantitative estimate of drug-likeness (QED) is 0.560. The van der Waals surface area contributed by atoms with Crippen molar-refractivity contribution in [1.29, 1.82) is 5.26 Å². The highest BCUT2D eigenvalue weighted by molar-refractivity contribution is 5.95. The molecular formula is C26H38N8O2. The van der Waals surface area contributed by atoms with Gasteiger partial charge in [-0.3, -0.25) is 9.63 Å². The number of benzene rings is 1. The molecule has 1 aromatic heterocycles. The van der Waals surface area contributed by atoms with E-state index in [-0.39, 0.29) is 11.3 Å². The van der Waals surface area contributed by atoms with Crippen LogP contribution in [0, 0.1) is 23.7 Å². The normalized spacial score (nSPS) is 14.7. The van der Waals surface area contributed by atoms with E-state index in [1.807, 2.05) is 24.9 Å². The van der Waals surface area contributed by atoms with E-state index in [0.29, 0.717) is 34.4 Å². The Morgan fingerprint density at radius 3 is 2.64 bits per heavy atom. The average Bonchev–Trinajstić information content (AvgIpc) is 3.03. The van der Waals surface area contributed by atoms with Gasteiger partial charge in [0, 0.05) is 44.5 Å². The second kappa shape index (κ2) is 11.5. The Balaban J connectivity index is 2.09. The van der Waals surface area contributed by atoms with E-state index in [1.165, 1.54) is 7.11 Å². The van der Waals surface area contributed by atoms with Crippen LogP contribution < -0.4 is 20.6 Å². The number of rotatable bonds is 7. The average molecular weight is 495 g/mol. The Bertz CT molecular complexity index is 1120. The number of aryl methyl sites for hydroxylation is 1. The van der Waals surface area contributed by atoms with Crippen LogP contribution in [0.15, 0.2) is 18.2 Å². The van der Waals surface area contributed by atoms with Gasteiger partial charge in [0.15, 0.2) is 11.6 Å². The van der Waals surface area contributed by atoms with Gasteiger partial charge < -0.3 is 20.0 Å². The molecule has 0 radical (unpaired) electrons. The number of nitriles is 1. The van der Waals surface area contributed by atoms with Crippen LogP contribution in [0.1, 0.15) is 48.7 Å². The third-order valence-corrected chi connectivity index (χ3v) is 6.01. The predicted octanol–water partition coefficient (Wildman–Crippen LogP) is 3.32. The highest BCUT2D eigenvalue weighted by Crippen LogP contribution is 2.31. The molecule has 1 aromatic carbocycles. The molecule has 0 spiro atoms. The van der Waals surface area contributed by atoms with Crippen molar-refractivity contribution in [1.82, 2.24) is 20.3 Å². The zero-order valence-corrected chi connectivity index (χ0v) is 22.5. The van der Waals surface area contributed by atoms with Gasteiger partial charge in [-0.15, -0.1) is 0 Å². The number of hydrogen-bond acceptors (Lipinski definition) is 9. The first-order valence-corrected chi connectivity index (χ1v) is 12.2. The summed E-state index contributed by atoms with van der Waals surface area (Å²) in [7, 11) is 5.47. The molecule has 3 rings (SSSR count). The van der Waals surface area contributed by atoms with E-state index in [1.54, 1.807) is 12.1 Å². The van der Waals surface area contributed by atoms with Crippen molar-refractivity contribution < 1.29 is 9.63 Å². The molecule has 2 aromatic rings. The van der Waals surface area contributed by atoms with Gasteiger partial charge in [-0.05, 0) is 50.0 Å². The van der Waals surface area contributed by atoms with Crippen molar-refractivity contribution in [3.63, 3.8) is 0 Å². The van der Waals surface area contributed by atoms with Crippen LogP contribution in [-0.2, 0) is 4.84 Å². The summed E-state index contributed by atoms with van der Waals surface area (Å²) in [4.78, 5) is 33.3. The molecule has 0 bridgehead atoms. The predicted molar refractivity (Wildman–Crippen MR) is 143 cm³/mol. The fraction of sp³-hybridized carbons (Fsp3) is 0.538. The second-order valence-electron chi connectivity index (χ2n) is 10.5. The van der Waals surface area contributed by atoms with Gasteiger partial charge in [0.1, 0.15) is 11.6 Å². The lowest BCUT2D eigenvalue weighted by molar-refractivity contribution is 0.0537. The molecule has 1 saturated heterocycles. The largest absolute Gasteiger partial charge is 0.354 e. The number of amides is 1. The van der Waals surface area contributed by atoms with E-state index in [9.17, 15) is 10.1 Å². The van der Waals surface area contributed by atoms with Gasteiger partial charge >= 0.3 is 0 Å². The minimum atomic E-state index is -0.358. The molecule has 10 heteroatoms. The molecular weight excluding hydrogens is 456 g/mol. The molecule has 2 heterocycles. The Labute approximate surface area is 214 Å². The molecule has 1 aliphatic rings. The number of nitrogens with one attached hydrogen (secondary N) is 2. The molecule has 0 saturated carbocycles. The van der Waals surface area contributed by atoms with Gasteiger partial charge in [0.2, 0.25) is 5.95 Å². The molecule has 10 nitrogen and oxygen atoms in total. The van der Waals surface area contributed by atoms with Gasteiger partial charge in [0.05, 0.1) is 7.11 Å². The minimum absolute atomic E-state index is 0.0325.